The average Bonchev–Trinajstić information content (AvgIpc) is 2.70. The van der Waals surface area contributed by atoms with Crippen molar-refractivity contribution in [3.63, 3.8) is 0 Å². The van der Waals surface area contributed by atoms with Crippen molar-refractivity contribution in [1.29, 1.82) is 0 Å². The number of anilines is 1. The minimum atomic E-state index is 0.576. The molecule has 0 N–H and O–H groups in total. The number of aromatic nitrogens is 3. The van der Waals surface area contributed by atoms with Gasteiger partial charge < -0.3 is 9.47 Å². The standard InChI is InChI=1S/C18H17BrN4O2S/c1-24-15-5-3-13(16(9-15)25-2)11-23(17-7-8-20-12-22-17)26-18-6-4-14(19)10-21-18/h3-10,12H,11H2,1-2H3. The zero-order valence-electron chi connectivity index (χ0n) is 14.3. The molecule has 2 heterocycles. The van der Waals surface area contributed by atoms with Crippen LogP contribution in [-0.2, 0) is 6.54 Å². The monoisotopic (exact) mass is 432 g/mol. The third-order valence-electron chi connectivity index (χ3n) is 3.53. The molecule has 0 amide bonds. The van der Waals surface area contributed by atoms with Gasteiger partial charge in [0.1, 0.15) is 28.7 Å². The molecule has 1 aromatic carbocycles. The van der Waals surface area contributed by atoms with E-state index >= 15 is 0 Å². The molecule has 0 saturated heterocycles. The molecule has 3 aromatic rings. The van der Waals surface area contributed by atoms with Gasteiger partial charge in [0.05, 0.1) is 20.8 Å². The predicted molar refractivity (Wildman–Crippen MR) is 106 cm³/mol. The van der Waals surface area contributed by atoms with Gasteiger partial charge in [-0.25, -0.2) is 15.0 Å². The molecule has 0 fully saturated rings. The Labute approximate surface area is 164 Å². The van der Waals surface area contributed by atoms with Crippen molar-refractivity contribution in [2.24, 2.45) is 0 Å². The Morgan fingerprint density at radius 1 is 1.08 bits per heavy atom. The van der Waals surface area contributed by atoms with E-state index in [-0.39, 0.29) is 0 Å². The molecule has 0 atom stereocenters. The Morgan fingerprint density at radius 3 is 2.62 bits per heavy atom. The number of nitrogens with zero attached hydrogens (tertiary/aromatic N) is 4. The number of benzene rings is 1. The Bertz CT molecular complexity index is 850. The summed E-state index contributed by atoms with van der Waals surface area (Å²) in [5.74, 6) is 2.29. The SMILES string of the molecule is COc1ccc(CN(Sc2ccc(Br)cn2)c2ccncn2)c(OC)c1. The highest BCUT2D eigenvalue weighted by molar-refractivity contribution is 9.10. The van der Waals surface area contributed by atoms with Gasteiger partial charge in [-0.15, -0.1) is 0 Å². The van der Waals surface area contributed by atoms with Crippen LogP contribution in [-0.4, -0.2) is 29.2 Å². The molecule has 0 aliphatic carbocycles. The van der Waals surface area contributed by atoms with Crippen LogP contribution in [0.1, 0.15) is 5.56 Å². The number of ether oxygens (including phenoxy) is 2. The summed E-state index contributed by atoms with van der Waals surface area (Å²) < 4.78 is 13.8. The van der Waals surface area contributed by atoms with E-state index in [1.165, 1.54) is 18.3 Å². The molecule has 2 aromatic heterocycles. The molecule has 134 valence electrons. The van der Waals surface area contributed by atoms with Crippen LogP contribution >= 0.6 is 27.9 Å². The van der Waals surface area contributed by atoms with Crippen LogP contribution in [0.25, 0.3) is 0 Å². The van der Waals surface area contributed by atoms with Crippen molar-refractivity contribution in [2.75, 3.05) is 18.5 Å². The van der Waals surface area contributed by atoms with Crippen molar-refractivity contribution in [2.45, 2.75) is 11.6 Å². The second-order valence-corrected chi connectivity index (χ2v) is 7.15. The van der Waals surface area contributed by atoms with Crippen LogP contribution in [0, 0.1) is 0 Å². The molecule has 0 spiro atoms. The molecule has 26 heavy (non-hydrogen) atoms. The van der Waals surface area contributed by atoms with Gasteiger partial charge in [0, 0.05) is 40.4 Å². The van der Waals surface area contributed by atoms with Gasteiger partial charge in [-0.3, -0.25) is 4.31 Å². The van der Waals surface area contributed by atoms with Crippen LogP contribution < -0.4 is 13.8 Å². The first-order valence-corrected chi connectivity index (χ1v) is 9.30. The number of hydrogen-bond donors (Lipinski definition) is 0. The van der Waals surface area contributed by atoms with Crippen molar-refractivity contribution in [1.82, 2.24) is 15.0 Å². The Kier molecular flexibility index (Phi) is 6.30. The van der Waals surface area contributed by atoms with Crippen molar-refractivity contribution in [3.05, 3.63) is 65.2 Å². The third-order valence-corrected chi connectivity index (χ3v) is 4.97. The van der Waals surface area contributed by atoms with Gasteiger partial charge in [0.2, 0.25) is 0 Å². The topological polar surface area (TPSA) is 60.4 Å². The van der Waals surface area contributed by atoms with Crippen molar-refractivity contribution < 1.29 is 9.47 Å². The summed E-state index contributed by atoms with van der Waals surface area (Å²) in [6.45, 7) is 0.576. The minimum Gasteiger partial charge on any atom is -0.497 e. The van der Waals surface area contributed by atoms with Gasteiger partial charge in [-0.2, -0.15) is 0 Å². The first kappa shape index (κ1) is 18.5. The number of rotatable bonds is 7. The fourth-order valence-electron chi connectivity index (χ4n) is 2.26. The number of methoxy groups -OCH3 is 2. The molecule has 3 rings (SSSR count). The molecule has 0 bridgehead atoms. The maximum absolute atomic E-state index is 5.52. The highest BCUT2D eigenvalue weighted by Crippen LogP contribution is 2.32. The highest BCUT2D eigenvalue weighted by Gasteiger charge is 2.15. The molecule has 0 unspecified atom stereocenters. The Hall–Kier alpha value is -2.32. The molecular formula is C18H17BrN4O2S. The van der Waals surface area contributed by atoms with Gasteiger partial charge in [0.25, 0.3) is 0 Å². The lowest BCUT2D eigenvalue weighted by atomic mass is 10.2. The lowest BCUT2D eigenvalue weighted by molar-refractivity contribution is 0.391. The van der Waals surface area contributed by atoms with Crippen LogP contribution in [0.2, 0.25) is 0 Å². The van der Waals surface area contributed by atoms with E-state index in [9.17, 15) is 0 Å². The van der Waals surface area contributed by atoms with Crippen LogP contribution in [0.15, 0.2) is 64.6 Å². The Balaban J connectivity index is 1.90. The molecule has 8 heteroatoms. The zero-order valence-corrected chi connectivity index (χ0v) is 16.7. The highest BCUT2D eigenvalue weighted by atomic mass is 79.9. The summed E-state index contributed by atoms with van der Waals surface area (Å²) in [5, 5.41) is 0.860. The lowest BCUT2D eigenvalue weighted by Crippen LogP contribution is -2.16. The maximum atomic E-state index is 5.52. The molecule has 6 nitrogen and oxygen atoms in total. The first-order chi connectivity index (χ1) is 12.7. The normalized spacial score (nSPS) is 10.4. The Morgan fingerprint density at radius 2 is 1.96 bits per heavy atom. The van der Waals surface area contributed by atoms with E-state index in [4.69, 9.17) is 9.47 Å². The third kappa shape index (κ3) is 4.64. The second-order valence-electron chi connectivity index (χ2n) is 5.19. The molecule has 0 radical (unpaired) electrons. The number of halogens is 1. The van der Waals surface area contributed by atoms with E-state index in [1.54, 1.807) is 26.6 Å². The summed E-state index contributed by atoms with van der Waals surface area (Å²) in [6, 6.07) is 11.5. The summed E-state index contributed by atoms with van der Waals surface area (Å²) in [7, 11) is 3.29. The van der Waals surface area contributed by atoms with E-state index in [2.05, 4.69) is 30.9 Å². The largest absolute Gasteiger partial charge is 0.497 e. The zero-order chi connectivity index (χ0) is 18.4. The van der Waals surface area contributed by atoms with Crippen molar-refractivity contribution in [3.8, 4) is 11.5 Å². The fraction of sp³-hybridized carbons (Fsp3) is 0.167. The lowest BCUT2D eigenvalue weighted by Gasteiger charge is -2.23. The quantitative estimate of drug-likeness (QED) is 0.513. The molecule has 0 aliphatic rings. The fourth-order valence-corrected chi connectivity index (χ4v) is 3.35. The van der Waals surface area contributed by atoms with Crippen molar-refractivity contribution >= 4 is 33.7 Å². The van der Waals surface area contributed by atoms with E-state index in [0.717, 1.165) is 32.4 Å². The molecule has 0 saturated carbocycles. The van der Waals surface area contributed by atoms with E-state index in [1.807, 2.05) is 40.7 Å². The van der Waals surface area contributed by atoms with Gasteiger partial charge in [0.15, 0.2) is 0 Å². The maximum Gasteiger partial charge on any atom is 0.142 e. The van der Waals surface area contributed by atoms with E-state index < -0.39 is 0 Å². The summed E-state index contributed by atoms with van der Waals surface area (Å²) in [5.41, 5.74) is 1.01. The van der Waals surface area contributed by atoms with Crippen LogP contribution in [0.5, 0.6) is 11.5 Å². The van der Waals surface area contributed by atoms with Gasteiger partial charge in [-0.1, -0.05) is 0 Å². The summed E-state index contributed by atoms with van der Waals surface area (Å²) >= 11 is 4.91. The molecule has 0 aliphatic heterocycles. The first-order valence-electron chi connectivity index (χ1n) is 7.73. The van der Waals surface area contributed by atoms with Gasteiger partial charge in [-0.05, 0) is 46.3 Å². The minimum absolute atomic E-state index is 0.576. The summed E-state index contributed by atoms with van der Waals surface area (Å²) in [6.07, 6.45) is 5.02. The van der Waals surface area contributed by atoms with Crippen LogP contribution in [0.4, 0.5) is 5.82 Å². The number of pyridine rings is 1. The van der Waals surface area contributed by atoms with E-state index in [0.29, 0.717) is 6.54 Å². The predicted octanol–water partition coefficient (Wildman–Crippen LogP) is 4.37. The number of hydrogen-bond acceptors (Lipinski definition) is 7. The summed E-state index contributed by atoms with van der Waals surface area (Å²) in [4.78, 5) is 12.8. The molecular weight excluding hydrogens is 416 g/mol. The average molecular weight is 433 g/mol. The van der Waals surface area contributed by atoms with Gasteiger partial charge >= 0.3 is 0 Å². The smallest absolute Gasteiger partial charge is 0.142 e. The van der Waals surface area contributed by atoms with Crippen LogP contribution in [0.3, 0.4) is 0 Å². The second kappa shape index (κ2) is 8.86.